The zero-order valence-electron chi connectivity index (χ0n) is 15.2. The Morgan fingerprint density at radius 1 is 1.42 bits per heavy atom. The molecule has 1 amide bonds. The third-order valence-electron chi connectivity index (χ3n) is 6.60. The summed E-state index contributed by atoms with van der Waals surface area (Å²) in [6.45, 7) is 7.46. The second kappa shape index (κ2) is 6.15. The number of amides is 1. The summed E-state index contributed by atoms with van der Waals surface area (Å²) in [5.74, 6) is 0.192. The maximum atomic E-state index is 12.5. The highest BCUT2D eigenvalue weighted by Crippen LogP contribution is 2.57. The Morgan fingerprint density at radius 3 is 2.58 bits per heavy atom. The standard InChI is InChI=1S/C18H29N3O3/c1-12-14(13(2)20-19-12)5-6-16(23)21-9-7-18(8-10-21)15(22)11-17(18,3)24-4/h15,22H,5-11H2,1-4H3,(H,19,20)/t15-,17+/m1/s1. The highest BCUT2D eigenvalue weighted by molar-refractivity contribution is 5.76. The van der Waals surface area contributed by atoms with Crippen LogP contribution in [0.3, 0.4) is 0 Å². The van der Waals surface area contributed by atoms with Crippen LogP contribution >= 0.6 is 0 Å². The van der Waals surface area contributed by atoms with E-state index in [1.807, 2.05) is 18.7 Å². The lowest BCUT2D eigenvalue weighted by molar-refractivity contribution is -0.261. The van der Waals surface area contributed by atoms with Gasteiger partial charge in [0.05, 0.1) is 17.4 Å². The molecule has 134 valence electrons. The van der Waals surface area contributed by atoms with E-state index in [1.54, 1.807) is 7.11 Å². The van der Waals surface area contributed by atoms with Crippen molar-refractivity contribution in [2.75, 3.05) is 20.2 Å². The lowest BCUT2D eigenvalue weighted by Gasteiger charge is -2.62. The monoisotopic (exact) mass is 335 g/mol. The number of aliphatic hydroxyl groups is 1. The Morgan fingerprint density at radius 2 is 2.08 bits per heavy atom. The molecule has 6 heteroatoms. The Hall–Kier alpha value is -1.40. The Balaban J connectivity index is 1.56. The van der Waals surface area contributed by atoms with Crippen LogP contribution in [0, 0.1) is 19.3 Å². The van der Waals surface area contributed by atoms with Gasteiger partial charge in [0.25, 0.3) is 0 Å². The summed E-state index contributed by atoms with van der Waals surface area (Å²) >= 11 is 0. The fourth-order valence-corrected chi connectivity index (χ4v) is 4.63. The summed E-state index contributed by atoms with van der Waals surface area (Å²) in [5, 5.41) is 17.5. The second-order valence-corrected chi connectivity index (χ2v) is 7.60. The first-order valence-electron chi connectivity index (χ1n) is 8.84. The van der Waals surface area contributed by atoms with Gasteiger partial charge in [-0.3, -0.25) is 9.89 Å². The van der Waals surface area contributed by atoms with Gasteiger partial charge < -0.3 is 14.7 Å². The number of aryl methyl sites for hydroxylation is 2. The fourth-order valence-electron chi connectivity index (χ4n) is 4.63. The lowest BCUT2D eigenvalue weighted by Crippen LogP contribution is -2.69. The maximum Gasteiger partial charge on any atom is 0.222 e. The van der Waals surface area contributed by atoms with Gasteiger partial charge >= 0.3 is 0 Å². The van der Waals surface area contributed by atoms with E-state index >= 15 is 0 Å². The molecule has 2 heterocycles. The van der Waals surface area contributed by atoms with Crippen molar-refractivity contribution in [2.45, 2.75) is 64.6 Å². The van der Waals surface area contributed by atoms with E-state index in [0.29, 0.717) is 25.9 Å². The normalized spacial score (nSPS) is 28.9. The van der Waals surface area contributed by atoms with E-state index in [9.17, 15) is 9.90 Å². The van der Waals surface area contributed by atoms with Crippen LogP contribution in [-0.4, -0.2) is 58.0 Å². The van der Waals surface area contributed by atoms with Crippen LogP contribution in [0.25, 0.3) is 0 Å². The van der Waals surface area contributed by atoms with Gasteiger partial charge in [0.2, 0.25) is 5.91 Å². The highest BCUT2D eigenvalue weighted by atomic mass is 16.5. The summed E-state index contributed by atoms with van der Waals surface area (Å²) < 4.78 is 5.68. The molecule has 6 nitrogen and oxygen atoms in total. The number of aromatic amines is 1. The van der Waals surface area contributed by atoms with E-state index in [2.05, 4.69) is 17.1 Å². The SMILES string of the molecule is CO[C@@]1(C)C[C@@H](O)C12CCN(C(=O)CCc1c(C)n[nH]c1C)CC2. The van der Waals surface area contributed by atoms with E-state index in [-0.39, 0.29) is 23.0 Å². The number of methoxy groups -OCH3 is 1. The van der Waals surface area contributed by atoms with E-state index < -0.39 is 0 Å². The molecule has 2 N–H and O–H groups in total. The molecule has 0 radical (unpaired) electrons. The van der Waals surface area contributed by atoms with E-state index in [0.717, 1.165) is 36.2 Å². The summed E-state index contributed by atoms with van der Waals surface area (Å²) in [4.78, 5) is 14.5. The molecule has 24 heavy (non-hydrogen) atoms. The smallest absolute Gasteiger partial charge is 0.222 e. The van der Waals surface area contributed by atoms with Crippen LogP contribution in [-0.2, 0) is 16.0 Å². The van der Waals surface area contributed by atoms with Crippen molar-refractivity contribution >= 4 is 5.91 Å². The van der Waals surface area contributed by atoms with Crippen LogP contribution in [0.5, 0.6) is 0 Å². The largest absolute Gasteiger partial charge is 0.392 e. The molecule has 0 unspecified atom stereocenters. The number of nitrogens with zero attached hydrogens (tertiary/aromatic N) is 2. The van der Waals surface area contributed by atoms with Crippen LogP contribution in [0.1, 0.15) is 49.6 Å². The minimum atomic E-state index is -0.309. The maximum absolute atomic E-state index is 12.5. The van der Waals surface area contributed by atoms with Gasteiger partial charge in [0.1, 0.15) is 0 Å². The molecule has 0 aromatic carbocycles. The van der Waals surface area contributed by atoms with Crippen LogP contribution < -0.4 is 0 Å². The van der Waals surface area contributed by atoms with Gasteiger partial charge in [-0.1, -0.05) is 0 Å². The van der Waals surface area contributed by atoms with Crippen molar-refractivity contribution < 1.29 is 14.6 Å². The average Bonchev–Trinajstić information content (AvgIpc) is 2.90. The molecule has 2 atom stereocenters. The van der Waals surface area contributed by atoms with Crippen molar-refractivity contribution in [1.82, 2.24) is 15.1 Å². The van der Waals surface area contributed by atoms with E-state index in [1.165, 1.54) is 0 Å². The molecule has 1 spiro atoms. The molecule has 2 aliphatic rings. The van der Waals surface area contributed by atoms with E-state index in [4.69, 9.17) is 4.74 Å². The molecule has 0 bridgehead atoms. The van der Waals surface area contributed by atoms with Gasteiger partial charge in [0.15, 0.2) is 0 Å². The summed E-state index contributed by atoms with van der Waals surface area (Å²) in [7, 11) is 1.72. The number of ether oxygens (including phenoxy) is 1. The molecule has 1 aliphatic heterocycles. The second-order valence-electron chi connectivity index (χ2n) is 7.60. The van der Waals surface area contributed by atoms with Crippen molar-refractivity contribution in [3.8, 4) is 0 Å². The highest BCUT2D eigenvalue weighted by Gasteiger charge is 2.63. The number of carbonyl (C=O) groups excluding carboxylic acids is 1. The summed E-state index contributed by atoms with van der Waals surface area (Å²) in [5.41, 5.74) is 2.74. The molecule has 1 aromatic heterocycles. The number of carbonyl (C=O) groups is 1. The Labute approximate surface area is 143 Å². The number of rotatable bonds is 4. The van der Waals surface area contributed by atoms with Crippen molar-refractivity contribution in [1.29, 1.82) is 0 Å². The first kappa shape index (κ1) is 17.4. The molecule has 1 saturated heterocycles. The number of piperidine rings is 1. The third kappa shape index (κ3) is 2.56. The number of aliphatic hydroxyl groups excluding tert-OH is 1. The van der Waals surface area contributed by atoms with Crippen molar-refractivity contribution in [2.24, 2.45) is 5.41 Å². The van der Waals surface area contributed by atoms with Gasteiger partial charge in [-0.15, -0.1) is 0 Å². The molecular formula is C18H29N3O3. The topological polar surface area (TPSA) is 78.5 Å². The van der Waals surface area contributed by atoms with Crippen LogP contribution in [0.4, 0.5) is 0 Å². The number of nitrogens with one attached hydrogen (secondary N) is 1. The first-order valence-corrected chi connectivity index (χ1v) is 8.84. The molecule has 1 aromatic rings. The van der Waals surface area contributed by atoms with Crippen LogP contribution in [0.15, 0.2) is 0 Å². The van der Waals surface area contributed by atoms with Crippen molar-refractivity contribution in [3.05, 3.63) is 17.0 Å². The van der Waals surface area contributed by atoms with Gasteiger partial charge in [-0.2, -0.15) is 5.10 Å². The summed E-state index contributed by atoms with van der Waals surface area (Å²) in [6, 6.07) is 0. The quantitative estimate of drug-likeness (QED) is 0.878. The number of H-pyrrole nitrogens is 1. The predicted molar refractivity (Wildman–Crippen MR) is 90.7 cm³/mol. The zero-order chi connectivity index (χ0) is 17.5. The van der Waals surface area contributed by atoms with Gasteiger partial charge in [0, 0.05) is 44.1 Å². The Bertz CT molecular complexity index is 600. The molecule has 2 fully saturated rings. The van der Waals surface area contributed by atoms with Crippen molar-refractivity contribution in [3.63, 3.8) is 0 Å². The minimum absolute atomic E-state index is 0.184. The number of hydrogen-bond donors (Lipinski definition) is 2. The number of likely N-dealkylation sites (tertiary alicyclic amines) is 1. The average molecular weight is 335 g/mol. The minimum Gasteiger partial charge on any atom is -0.392 e. The number of hydrogen-bond acceptors (Lipinski definition) is 4. The predicted octanol–water partition coefficient (Wildman–Crippen LogP) is 1.74. The lowest BCUT2D eigenvalue weighted by atomic mass is 9.51. The first-order chi connectivity index (χ1) is 11.3. The summed E-state index contributed by atoms with van der Waals surface area (Å²) in [6.07, 6.45) is 3.25. The van der Waals surface area contributed by atoms with Crippen LogP contribution in [0.2, 0.25) is 0 Å². The zero-order valence-corrected chi connectivity index (χ0v) is 15.2. The molecule has 3 rings (SSSR count). The third-order valence-corrected chi connectivity index (χ3v) is 6.60. The Kier molecular flexibility index (Phi) is 4.47. The van der Waals surface area contributed by atoms with Gasteiger partial charge in [-0.25, -0.2) is 0 Å². The molecule has 1 saturated carbocycles. The van der Waals surface area contributed by atoms with Gasteiger partial charge in [-0.05, 0) is 45.6 Å². The molecular weight excluding hydrogens is 306 g/mol. The molecule has 1 aliphatic carbocycles. The number of aromatic nitrogens is 2. The fraction of sp³-hybridized carbons (Fsp3) is 0.778.